The van der Waals surface area contributed by atoms with Crippen LogP contribution in [0.15, 0.2) is 65.6 Å². The molecular formula is C24H31N3O5S. The normalized spacial score (nSPS) is 19.4. The highest BCUT2D eigenvalue weighted by Crippen LogP contribution is 2.28. The first-order valence-corrected chi connectivity index (χ1v) is 12.7. The van der Waals surface area contributed by atoms with Crippen LogP contribution in [0.5, 0.6) is 0 Å². The minimum atomic E-state index is -3.53. The summed E-state index contributed by atoms with van der Waals surface area (Å²) >= 11 is 0. The molecule has 0 aliphatic heterocycles. The molecule has 0 saturated heterocycles. The third-order valence-electron chi connectivity index (χ3n) is 5.93. The zero-order valence-corrected chi connectivity index (χ0v) is 19.3. The van der Waals surface area contributed by atoms with E-state index in [2.05, 4.69) is 15.4 Å². The zero-order chi connectivity index (χ0) is 23.7. The highest BCUT2D eigenvalue weighted by atomic mass is 32.2. The van der Waals surface area contributed by atoms with Crippen molar-refractivity contribution in [2.24, 2.45) is 11.8 Å². The Kier molecular flexibility index (Phi) is 8.99. The van der Waals surface area contributed by atoms with Gasteiger partial charge in [0, 0.05) is 19.0 Å². The molecule has 1 saturated carbocycles. The number of amides is 2. The van der Waals surface area contributed by atoms with E-state index in [-0.39, 0.29) is 41.6 Å². The van der Waals surface area contributed by atoms with Crippen molar-refractivity contribution in [2.75, 3.05) is 19.6 Å². The van der Waals surface area contributed by atoms with Gasteiger partial charge in [-0.3, -0.25) is 9.59 Å². The summed E-state index contributed by atoms with van der Waals surface area (Å²) in [5.41, 5.74) is 0.713. The van der Waals surface area contributed by atoms with E-state index >= 15 is 0 Å². The van der Waals surface area contributed by atoms with Crippen molar-refractivity contribution in [1.82, 2.24) is 15.4 Å². The maximum absolute atomic E-state index is 12.4. The van der Waals surface area contributed by atoms with E-state index in [1.807, 2.05) is 18.2 Å². The average Bonchev–Trinajstić information content (AvgIpc) is 2.86. The molecule has 8 nitrogen and oxygen atoms in total. The Labute approximate surface area is 194 Å². The Morgan fingerprint density at radius 3 is 2.15 bits per heavy atom. The molecule has 1 atom stereocenters. The van der Waals surface area contributed by atoms with Crippen LogP contribution in [0.1, 0.15) is 37.4 Å². The second-order valence-electron chi connectivity index (χ2n) is 8.33. The molecule has 1 aliphatic rings. The van der Waals surface area contributed by atoms with Crippen molar-refractivity contribution in [1.29, 1.82) is 0 Å². The highest BCUT2D eigenvalue weighted by Gasteiger charge is 2.27. The summed E-state index contributed by atoms with van der Waals surface area (Å²) in [5, 5.41) is 15.4. The van der Waals surface area contributed by atoms with Gasteiger partial charge in [-0.1, -0.05) is 48.5 Å². The van der Waals surface area contributed by atoms with Gasteiger partial charge in [0.1, 0.15) is 0 Å². The minimum absolute atomic E-state index is 0.0721. The van der Waals surface area contributed by atoms with Gasteiger partial charge in [-0.25, -0.2) is 13.1 Å². The van der Waals surface area contributed by atoms with Crippen LogP contribution >= 0.6 is 0 Å². The van der Waals surface area contributed by atoms with Crippen molar-refractivity contribution < 1.29 is 23.1 Å². The van der Waals surface area contributed by atoms with Gasteiger partial charge in [-0.2, -0.15) is 0 Å². The quantitative estimate of drug-likeness (QED) is 0.418. The van der Waals surface area contributed by atoms with Crippen molar-refractivity contribution in [3.8, 4) is 0 Å². The van der Waals surface area contributed by atoms with Crippen molar-refractivity contribution in [2.45, 2.75) is 36.7 Å². The summed E-state index contributed by atoms with van der Waals surface area (Å²) in [6.07, 6.45) is 1.98. The van der Waals surface area contributed by atoms with Crippen LogP contribution in [-0.4, -0.2) is 45.0 Å². The molecule has 1 fully saturated rings. The standard InChI is InChI=1S/C24H31N3O5S/c28-22(19-7-3-1-4-8-19)16-25-23(29)17-26-24(30)20-13-11-18(12-14-20)15-27-33(31,32)21-9-5-2-6-10-21/h1-10,18,20,22,27-28H,11-17H2,(H,25,29)(H,26,30). The lowest BCUT2D eigenvalue weighted by molar-refractivity contribution is -0.129. The first kappa shape index (κ1) is 24.9. The summed E-state index contributed by atoms with van der Waals surface area (Å²) in [6, 6.07) is 17.3. The number of rotatable bonds is 10. The van der Waals surface area contributed by atoms with E-state index < -0.39 is 16.1 Å². The van der Waals surface area contributed by atoms with Crippen LogP contribution in [0.3, 0.4) is 0 Å². The second-order valence-corrected chi connectivity index (χ2v) is 10.1. The van der Waals surface area contributed by atoms with Gasteiger partial charge >= 0.3 is 0 Å². The molecule has 0 heterocycles. The summed E-state index contributed by atoms with van der Waals surface area (Å²) in [7, 11) is -3.53. The number of aliphatic hydroxyl groups is 1. The number of benzene rings is 2. The lowest BCUT2D eigenvalue weighted by Gasteiger charge is -2.27. The molecule has 1 unspecified atom stereocenters. The third-order valence-corrected chi connectivity index (χ3v) is 7.37. The average molecular weight is 474 g/mol. The molecule has 2 aromatic rings. The SMILES string of the molecule is O=C(CNC(=O)C1CCC(CNS(=O)(=O)c2ccccc2)CC1)NCC(O)c1ccccc1. The number of sulfonamides is 1. The van der Waals surface area contributed by atoms with Gasteiger partial charge in [0.25, 0.3) is 0 Å². The topological polar surface area (TPSA) is 125 Å². The van der Waals surface area contributed by atoms with Crippen LogP contribution in [0.4, 0.5) is 0 Å². The number of aliphatic hydroxyl groups excluding tert-OH is 1. The molecule has 0 radical (unpaired) electrons. The van der Waals surface area contributed by atoms with E-state index in [0.717, 1.165) is 12.8 Å². The fourth-order valence-electron chi connectivity index (χ4n) is 3.92. The Morgan fingerprint density at radius 1 is 0.909 bits per heavy atom. The van der Waals surface area contributed by atoms with Crippen molar-refractivity contribution in [3.63, 3.8) is 0 Å². The fraction of sp³-hybridized carbons (Fsp3) is 0.417. The molecule has 178 valence electrons. The molecule has 0 bridgehead atoms. The van der Waals surface area contributed by atoms with E-state index in [0.29, 0.717) is 24.9 Å². The molecule has 0 spiro atoms. The van der Waals surface area contributed by atoms with Gasteiger partial charge in [0.15, 0.2) is 0 Å². The van der Waals surface area contributed by atoms with Crippen LogP contribution in [0, 0.1) is 11.8 Å². The molecule has 33 heavy (non-hydrogen) atoms. The number of nitrogens with one attached hydrogen (secondary N) is 3. The van der Waals surface area contributed by atoms with E-state index in [9.17, 15) is 23.1 Å². The summed E-state index contributed by atoms with van der Waals surface area (Å²) in [5.74, 6) is -0.538. The van der Waals surface area contributed by atoms with Crippen molar-refractivity contribution in [3.05, 3.63) is 66.2 Å². The first-order chi connectivity index (χ1) is 15.8. The summed E-state index contributed by atoms with van der Waals surface area (Å²) in [4.78, 5) is 24.7. The predicted molar refractivity (Wildman–Crippen MR) is 124 cm³/mol. The molecule has 3 rings (SSSR count). The zero-order valence-electron chi connectivity index (χ0n) is 18.4. The van der Waals surface area contributed by atoms with Gasteiger partial charge in [-0.15, -0.1) is 0 Å². The molecular weight excluding hydrogens is 442 g/mol. The van der Waals surface area contributed by atoms with Crippen LogP contribution < -0.4 is 15.4 Å². The Bertz CT molecular complexity index is 1010. The molecule has 4 N–H and O–H groups in total. The van der Waals surface area contributed by atoms with Gasteiger partial charge in [0.2, 0.25) is 21.8 Å². The number of hydrogen-bond donors (Lipinski definition) is 4. The smallest absolute Gasteiger partial charge is 0.240 e. The number of carbonyl (C=O) groups is 2. The predicted octanol–water partition coefficient (Wildman–Crippen LogP) is 1.74. The molecule has 2 amide bonds. The van der Waals surface area contributed by atoms with Gasteiger partial charge in [0.05, 0.1) is 17.5 Å². The Morgan fingerprint density at radius 2 is 1.52 bits per heavy atom. The number of carbonyl (C=O) groups excluding carboxylic acids is 2. The van der Waals surface area contributed by atoms with E-state index in [4.69, 9.17) is 0 Å². The lowest BCUT2D eigenvalue weighted by atomic mass is 9.81. The van der Waals surface area contributed by atoms with Crippen LogP contribution in [0.25, 0.3) is 0 Å². The van der Waals surface area contributed by atoms with Crippen LogP contribution in [0.2, 0.25) is 0 Å². The minimum Gasteiger partial charge on any atom is -0.387 e. The van der Waals surface area contributed by atoms with Gasteiger partial charge < -0.3 is 15.7 Å². The maximum Gasteiger partial charge on any atom is 0.240 e. The molecule has 9 heteroatoms. The van der Waals surface area contributed by atoms with Crippen molar-refractivity contribution >= 4 is 21.8 Å². The van der Waals surface area contributed by atoms with Gasteiger partial charge in [-0.05, 0) is 49.3 Å². The Hall–Kier alpha value is -2.75. The second kappa shape index (κ2) is 11.9. The maximum atomic E-state index is 12.4. The summed E-state index contributed by atoms with van der Waals surface area (Å²) in [6.45, 7) is 0.275. The van der Waals surface area contributed by atoms with Crippen LogP contribution in [-0.2, 0) is 19.6 Å². The molecule has 0 aromatic heterocycles. The third kappa shape index (κ3) is 7.66. The number of hydrogen-bond acceptors (Lipinski definition) is 5. The first-order valence-electron chi connectivity index (χ1n) is 11.2. The Balaban J connectivity index is 1.33. The fourth-order valence-corrected chi connectivity index (χ4v) is 5.05. The molecule has 2 aromatic carbocycles. The summed E-state index contributed by atoms with van der Waals surface area (Å²) < 4.78 is 27.3. The monoisotopic (exact) mass is 473 g/mol. The largest absolute Gasteiger partial charge is 0.387 e. The lowest BCUT2D eigenvalue weighted by Crippen LogP contribution is -2.42. The molecule has 1 aliphatic carbocycles. The van der Waals surface area contributed by atoms with E-state index in [1.54, 1.807) is 42.5 Å². The highest BCUT2D eigenvalue weighted by molar-refractivity contribution is 7.89. The van der Waals surface area contributed by atoms with E-state index in [1.165, 1.54) is 0 Å².